The molecule has 0 N–H and O–H groups in total. The summed E-state index contributed by atoms with van der Waals surface area (Å²) in [6, 6.07) is 15.7. The van der Waals surface area contributed by atoms with Gasteiger partial charge in [0.15, 0.2) is 28.6 Å². The van der Waals surface area contributed by atoms with Crippen LogP contribution in [0, 0.1) is 0 Å². The molecule has 1 atom stereocenters. The number of hydrogen-bond donors (Lipinski definition) is 0. The minimum absolute atomic E-state index is 0.270. The van der Waals surface area contributed by atoms with Gasteiger partial charge in [-0.3, -0.25) is 0 Å². The van der Waals surface area contributed by atoms with E-state index >= 15 is 0 Å². The standard InChI is InChI=1S/C19H19N3O3S/c1-22-18(17-11-24-15-8-3-4-9-16(15)25-17)20-21-19(22)26-12-13-6-5-7-14(10-13)23-2/h3-10,17H,11-12H2,1-2H3. The SMILES string of the molecule is COc1cccc(CSc2nnc(C3COc4ccccc4O3)n2C)c1. The molecule has 0 aliphatic carbocycles. The van der Waals surface area contributed by atoms with E-state index in [-0.39, 0.29) is 6.10 Å². The van der Waals surface area contributed by atoms with Gasteiger partial charge in [-0.2, -0.15) is 0 Å². The first-order valence-electron chi connectivity index (χ1n) is 8.28. The molecule has 0 fully saturated rings. The predicted octanol–water partition coefficient (Wildman–Crippen LogP) is 3.63. The molecule has 0 bridgehead atoms. The van der Waals surface area contributed by atoms with Crippen molar-refractivity contribution in [2.45, 2.75) is 17.0 Å². The first-order valence-corrected chi connectivity index (χ1v) is 9.26. The van der Waals surface area contributed by atoms with Crippen LogP contribution >= 0.6 is 11.8 Å². The van der Waals surface area contributed by atoms with Crippen LogP contribution in [0.5, 0.6) is 17.2 Å². The highest BCUT2D eigenvalue weighted by Gasteiger charge is 2.27. The van der Waals surface area contributed by atoms with Gasteiger partial charge in [-0.15, -0.1) is 10.2 Å². The molecule has 0 spiro atoms. The number of aromatic nitrogens is 3. The molecule has 4 rings (SSSR count). The highest BCUT2D eigenvalue weighted by molar-refractivity contribution is 7.98. The molecule has 1 aliphatic heterocycles. The van der Waals surface area contributed by atoms with E-state index in [0.717, 1.165) is 34.0 Å². The van der Waals surface area contributed by atoms with E-state index in [0.29, 0.717) is 6.61 Å². The second-order valence-electron chi connectivity index (χ2n) is 5.90. The maximum Gasteiger partial charge on any atom is 0.192 e. The molecular weight excluding hydrogens is 350 g/mol. The third-order valence-corrected chi connectivity index (χ3v) is 5.26. The van der Waals surface area contributed by atoms with Crippen LogP contribution in [-0.4, -0.2) is 28.5 Å². The van der Waals surface area contributed by atoms with Gasteiger partial charge in [0, 0.05) is 12.8 Å². The summed E-state index contributed by atoms with van der Waals surface area (Å²) >= 11 is 1.63. The van der Waals surface area contributed by atoms with Crippen molar-refractivity contribution in [1.82, 2.24) is 14.8 Å². The van der Waals surface area contributed by atoms with Gasteiger partial charge >= 0.3 is 0 Å². The van der Waals surface area contributed by atoms with Gasteiger partial charge in [-0.25, -0.2) is 0 Å². The average Bonchev–Trinajstić information content (AvgIpc) is 3.06. The van der Waals surface area contributed by atoms with Crippen LogP contribution in [0.15, 0.2) is 53.7 Å². The Kier molecular flexibility index (Phi) is 4.71. The lowest BCUT2D eigenvalue weighted by Crippen LogP contribution is -2.24. The van der Waals surface area contributed by atoms with E-state index in [1.165, 1.54) is 5.56 Å². The van der Waals surface area contributed by atoms with Gasteiger partial charge in [0.25, 0.3) is 0 Å². The van der Waals surface area contributed by atoms with Crippen LogP contribution in [0.1, 0.15) is 17.5 Å². The third kappa shape index (κ3) is 3.35. The zero-order valence-corrected chi connectivity index (χ0v) is 15.4. The topological polar surface area (TPSA) is 58.4 Å². The quantitative estimate of drug-likeness (QED) is 0.640. The van der Waals surface area contributed by atoms with Crippen LogP contribution in [0.25, 0.3) is 0 Å². The highest BCUT2D eigenvalue weighted by Crippen LogP contribution is 2.36. The fourth-order valence-corrected chi connectivity index (χ4v) is 3.65. The number of nitrogens with zero attached hydrogens (tertiary/aromatic N) is 3. The zero-order chi connectivity index (χ0) is 17.9. The Morgan fingerprint density at radius 2 is 2.00 bits per heavy atom. The molecule has 7 heteroatoms. The third-order valence-electron chi connectivity index (χ3n) is 4.17. The number of para-hydroxylation sites is 2. The number of hydrogen-bond acceptors (Lipinski definition) is 6. The summed E-state index contributed by atoms with van der Waals surface area (Å²) in [7, 11) is 3.62. The first-order chi connectivity index (χ1) is 12.7. The first kappa shape index (κ1) is 16.8. The molecule has 2 aromatic carbocycles. The maximum absolute atomic E-state index is 6.03. The van der Waals surface area contributed by atoms with Gasteiger partial charge in [0.2, 0.25) is 0 Å². The van der Waals surface area contributed by atoms with Crippen molar-refractivity contribution >= 4 is 11.8 Å². The summed E-state index contributed by atoms with van der Waals surface area (Å²) in [4.78, 5) is 0. The second-order valence-corrected chi connectivity index (χ2v) is 6.85. The average molecular weight is 369 g/mol. The minimum atomic E-state index is -0.270. The van der Waals surface area contributed by atoms with Gasteiger partial charge in [-0.05, 0) is 29.8 Å². The lowest BCUT2D eigenvalue weighted by atomic mass is 10.2. The number of thioether (sulfide) groups is 1. The lowest BCUT2D eigenvalue weighted by Gasteiger charge is -2.25. The van der Waals surface area contributed by atoms with Crippen molar-refractivity contribution in [3.8, 4) is 17.2 Å². The summed E-state index contributed by atoms with van der Waals surface area (Å²) in [5, 5.41) is 9.47. The molecule has 0 radical (unpaired) electrons. The van der Waals surface area contributed by atoms with Crippen LogP contribution in [0.4, 0.5) is 0 Å². The van der Waals surface area contributed by atoms with Crippen LogP contribution in [0.2, 0.25) is 0 Å². The maximum atomic E-state index is 6.03. The number of methoxy groups -OCH3 is 1. The van der Waals surface area contributed by atoms with E-state index < -0.39 is 0 Å². The summed E-state index contributed by atoms with van der Waals surface area (Å²) in [6.45, 7) is 0.420. The smallest absolute Gasteiger partial charge is 0.192 e. The molecule has 1 aliphatic rings. The minimum Gasteiger partial charge on any atom is -0.497 e. The van der Waals surface area contributed by atoms with Gasteiger partial charge in [0.1, 0.15) is 12.4 Å². The summed E-state index contributed by atoms with van der Waals surface area (Å²) < 4.78 is 19.0. The van der Waals surface area contributed by atoms with E-state index in [2.05, 4.69) is 16.3 Å². The molecule has 3 aromatic rings. The normalized spacial score (nSPS) is 15.7. The molecule has 1 unspecified atom stereocenters. The fraction of sp³-hybridized carbons (Fsp3) is 0.263. The predicted molar refractivity (Wildman–Crippen MR) is 98.9 cm³/mol. The molecule has 26 heavy (non-hydrogen) atoms. The summed E-state index contributed by atoms with van der Waals surface area (Å²) in [5.74, 6) is 3.89. The Labute approximate surface area is 156 Å². The summed E-state index contributed by atoms with van der Waals surface area (Å²) in [6.07, 6.45) is -0.270. The zero-order valence-electron chi connectivity index (χ0n) is 14.6. The number of ether oxygens (including phenoxy) is 3. The Hall–Kier alpha value is -2.67. The van der Waals surface area contributed by atoms with Gasteiger partial charge < -0.3 is 18.8 Å². The number of rotatable bonds is 5. The van der Waals surface area contributed by atoms with Crippen LogP contribution in [0.3, 0.4) is 0 Å². The summed E-state index contributed by atoms with van der Waals surface area (Å²) in [5.41, 5.74) is 1.17. The molecule has 134 valence electrons. The van der Waals surface area contributed by atoms with Gasteiger partial charge in [-0.1, -0.05) is 36.0 Å². The Morgan fingerprint density at radius 3 is 2.85 bits per heavy atom. The van der Waals surface area contributed by atoms with E-state index in [4.69, 9.17) is 14.2 Å². The van der Waals surface area contributed by atoms with E-state index in [9.17, 15) is 0 Å². The molecule has 0 amide bonds. The van der Waals surface area contributed by atoms with Crippen LogP contribution < -0.4 is 14.2 Å². The molecule has 2 heterocycles. The van der Waals surface area contributed by atoms with Crippen molar-refractivity contribution in [2.75, 3.05) is 13.7 Å². The largest absolute Gasteiger partial charge is 0.497 e. The van der Waals surface area contributed by atoms with Crippen molar-refractivity contribution in [3.63, 3.8) is 0 Å². The second kappa shape index (κ2) is 7.29. The number of benzene rings is 2. The van der Waals surface area contributed by atoms with Crippen molar-refractivity contribution in [2.24, 2.45) is 7.05 Å². The highest BCUT2D eigenvalue weighted by atomic mass is 32.2. The molecule has 0 saturated heterocycles. The van der Waals surface area contributed by atoms with Crippen molar-refractivity contribution in [1.29, 1.82) is 0 Å². The Morgan fingerprint density at radius 1 is 1.15 bits per heavy atom. The fourth-order valence-electron chi connectivity index (χ4n) is 2.79. The molecule has 6 nitrogen and oxygen atoms in total. The molecule has 0 saturated carbocycles. The Balaban J connectivity index is 1.46. The monoisotopic (exact) mass is 369 g/mol. The van der Waals surface area contributed by atoms with E-state index in [1.807, 2.05) is 54.1 Å². The van der Waals surface area contributed by atoms with Crippen LogP contribution in [-0.2, 0) is 12.8 Å². The van der Waals surface area contributed by atoms with Crippen molar-refractivity contribution in [3.05, 3.63) is 59.9 Å². The molecule has 1 aromatic heterocycles. The lowest BCUT2D eigenvalue weighted by molar-refractivity contribution is 0.0825. The molecular formula is C19H19N3O3S. The Bertz CT molecular complexity index is 913. The number of fused-ring (bicyclic) bond motifs is 1. The van der Waals surface area contributed by atoms with Crippen molar-refractivity contribution < 1.29 is 14.2 Å². The van der Waals surface area contributed by atoms with Gasteiger partial charge in [0.05, 0.1) is 7.11 Å². The van der Waals surface area contributed by atoms with E-state index in [1.54, 1.807) is 18.9 Å².